The van der Waals surface area contributed by atoms with Crippen LogP contribution in [-0.4, -0.2) is 21.4 Å². The van der Waals surface area contributed by atoms with Crippen LogP contribution in [0.2, 0.25) is 0 Å². The summed E-state index contributed by atoms with van der Waals surface area (Å²) in [6.07, 6.45) is 0.732. The molecule has 0 aromatic heterocycles. The summed E-state index contributed by atoms with van der Waals surface area (Å²) in [5.41, 5.74) is 1.44. The average Bonchev–Trinajstić information content (AvgIpc) is 2.79. The number of carbonyl (C=O) groups excluding carboxylic acids is 1. The standard InChI is InChI=1S/C25H28N2O4S/c1-18(2)17-24(19-13-15-20(31-3)16-14-19)26-25(28)22-11-7-8-12-23(22)27-32(29,30)21-9-5-4-6-10-21/h4-16,18,24,27H,17H2,1-3H3,(H,26,28)/t24-/m1/s1. The molecule has 0 radical (unpaired) electrons. The number of methoxy groups -OCH3 is 1. The fourth-order valence-corrected chi connectivity index (χ4v) is 4.50. The van der Waals surface area contributed by atoms with Crippen LogP contribution in [0.4, 0.5) is 5.69 Å². The van der Waals surface area contributed by atoms with Crippen molar-refractivity contribution >= 4 is 21.6 Å². The third-order valence-corrected chi connectivity index (χ3v) is 6.38. The number of carbonyl (C=O) groups is 1. The molecule has 0 heterocycles. The molecule has 0 spiro atoms. The number of benzene rings is 3. The van der Waals surface area contributed by atoms with Crippen molar-refractivity contribution in [2.45, 2.75) is 31.2 Å². The van der Waals surface area contributed by atoms with Crippen molar-refractivity contribution in [3.63, 3.8) is 0 Å². The Hall–Kier alpha value is -3.32. The number of ether oxygens (including phenoxy) is 1. The average molecular weight is 453 g/mol. The number of hydrogen-bond acceptors (Lipinski definition) is 4. The molecule has 3 rings (SSSR count). The highest BCUT2D eigenvalue weighted by Gasteiger charge is 2.21. The number of rotatable bonds is 9. The Morgan fingerprint density at radius 2 is 1.53 bits per heavy atom. The number of hydrogen-bond donors (Lipinski definition) is 2. The molecular formula is C25H28N2O4S. The Morgan fingerprint density at radius 1 is 0.906 bits per heavy atom. The van der Waals surface area contributed by atoms with Gasteiger partial charge < -0.3 is 10.1 Å². The second kappa shape index (κ2) is 10.3. The summed E-state index contributed by atoms with van der Waals surface area (Å²) in [7, 11) is -2.21. The molecule has 0 unspecified atom stereocenters. The van der Waals surface area contributed by atoms with E-state index in [2.05, 4.69) is 23.9 Å². The zero-order valence-electron chi connectivity index (χ0n) is 18.4. The van der Waals surface area contributed by atoms with Crippen LogP contribution in [0.1, 0.15) is 42.2 Å². The SMILES string of the molecule is COc1ccc([C@@H](CC(C)C)NC(=O)c2ccccc2NS(=O)(=O)c2ccccc2)cc1. The van der Waals surface area contributed by atoms with Crippen LogP contribution in [0.5, 0.6) is 5.75 Å². The van der Waals surface area contributed by atoms with Crippen molar-refractivity contribution in [1.82, 2.24) is 5.32 Å². The minimum atomic E-state index is -3.82. The monoisotopic (exact) mass is 452 g/mol. The molecule has 3 aromatic rings. The molecule has 0 bridgehead atoms. The van der Waals surface area contributed by atoms with Crippen LogP contribution in [0.25, 0.3) is 0 Å². The van der Waals surface area contributed by atoms with Gasteiger partial charge in [-0.1, -0.05) is 56.3 Å². The third kappa shape index (κ3) is 5.88. The number of amides is 1. The third-order valence-electron chi connectivity index (χ3n) is 5.00. The van der Waals surface area contributed by atoms with E-state index in [1.807, 2.05) is 24.3 Å². The smallest absolute Gasteiger partial charge is 0.261 e. The minimum absolute atomic E-state index is 0.131. The number of anilines is 1. The first-order valence-corrected chi connectivity index (χ1v) is 11.9. The molecule has 3 aromatic carbocycles. The van der Waals surface area contributed by atoms with Crippen LogP contribution in [-0.2, 0) is 10.0 Å². The molecule has 0 aliphatic carbocycles. The van der Waals surface area contributed by atoms with E-state index in [-0.39, 0.29) is 28.1 Å². The molecule has 32 heavy (non-hydrogen) atoms. The van der Waals surface area contributed by atoms with Gasteiger partial charge in [0.05, 0.1) is 29.3 Å². The first kappa shape index (κ1) is 23.3. The molecule has 0 aliphatic rings. The Kier molecular flexibility index (Phi) is 7.53. The molecule has 6 nitrogen and oxygen atoms in total. The second-order valence-electron chi connectivity index (χ2n) is 7.89. The number of nitrogens with one attached hydrogen (secondary N) is 2. The van der Waals surface area contributed by atoms with Crippen LogP contribution in [0.3, 0.4) is 0 Å². The summed E-state index contributed by atoms with van der Waals surface area (Å²) in [5.74, 6) is 0.732. The van der Waals surface area contributed by atoms with Gasteiger partial charge >= 0.3 is 0 Å². The largest absolute Gasteiger partial charge is 0.497 e. The Labute approximate surface area is 189 Å². The first-order valence-electron chi connectivity index (χ1n) is 10.4. The topological polar surface area (TPSA) is 84.5 Å². The summed E-state index contributed by atoms with van der Waals surface area (Å²) in [6.45, 7) is 4.18. The van der Waals surface area contributed by atoms with Crippen molar-refractivity contribution < 1.29 is 17.9 Å². The van der Waals surface area contributed by atoms with E-state index < -0.39 is 10.0 Å². The molecule has 0 saturated heterocycles. The summed E-state index contributed by atoms with van der Waals surface area (Å²) < 4.78 is 33.3. The molecule has 1 amide bonds. The van der Waals surface area contributed by atoms with E-state index in [0.29, 0.717) is 5.92 Å². The van der Waals surface area contributed by atoms with Crippen molar-refractivity contribution in [2.75, 3.05) is 11.8 Å². The fourth-order valence-electron chi connectivity index (χ4n) is 3.40. The van der Waals surface area contributed by atoms with E-state index >= 15 is 0 Å². The van der Waals surface area contributed by atoms with Gasteiger partial charge in [0.2, 0.25) is 0 Å². The molecule has 0 aliphatic heterocycles. The quantitative estimate of drug-likeness (QED) is 0.478. The molecule has 0 saturated carbocycles. The van der Waals surface area contributed by atoms with Crippen LogP contribution >= 0.6 is 0 Å². The van der Waals surface area contributed by atoms with Crippen molar-refractivity contribution in [2.24, 2.45) is 5.92 Å². The van der Waals surface area contributed by atoms with E-state index in [0.717, 1.165) is 17.7 Å². The summed E-state index contributed by atoms with van der Waals surface area (Å²) in [5, 5.41) is 3.07. The van der Waals surface area contributed by atoms with Gasteiger partial charge in [-0.3, -0.25) is 9.52 Å². The molecule has 168 valence electrons. The molecule has 7 heteroatoms. The maximum absolute atomic E-state index is 13.2. The lowest BCUT2D eigenvalue weighted by molar-refractivity contribution is 0.0933. The summed E-state index contributed by atoms with van der Waals surface area (Å²) >= 11 is 0. The molecule has 2 N–H and O–H groups in total. The highest BCUT2D eigenvalue weighted by molar-refractivity contribution is 7.92. The van der Waals surface area contributed by atoms with Crippen molar-refractivity contribution in [3.8, 4) is 5.75 Å². The predicted molar refractivity (Wildman–Crippen MR) is 126 cm³/mol. The van der Waals surface area contributed by atoms with Crippen LogP contribution in [0, 0.1) is 5.92 Å². The lowest BCUT2D eigenvalue weighted by atomic mass is 9.96. The van der Waals surface area contributed by atoms with Gasteiger partial charge in [-0.15, -0.1) is 0 Å². The van der Waals surface area contributed by atoms with Gasteiger partial charge in [-0.05, 0) is 54.3 Å². The van der Waals surface area contributed by atoms with Crippen molar-refractivity contribution in [3.05, 3.63) is 90.0 Å². The van der Waals surface area contributed by atoms with Crippen LogP contribution < -0.4 is 14.8 Å². The normalized spacial score (nSPS) is 12.2. The Morgan fingerprint density at radius 3 is 2.16 bits per heavy atom. The zero-order chi connectivity index (χ0) is 23.1. The van der Waals surface area contributed by atoms with Gasteiger partial charge in [0.1, 0.15) is 5.75 Å². The maximum atomic E-state index is 13.2. The first-order chi connectivity index (χ1) is 15.3. The van der Waals surface area contributed by atoms with E-state index in [9.17, 15) is 13.2 Å². The Bertz CT molecular complexity index is 1140. The number of para-hydroxylation sites is 1. The van der Waals surface area contributed by atoms with Gasteiger partial charge in [0.25, 0.3) is 15.9 Å². The highest BCUT2D eigenvalue weighted by atomic mass is 32.2. The zero-order valence-corrected chi connectivity index (χ0v) is 19.2. The highest BCUT2D eigenvalue weighted by Crippen LogP contribution is 2.26. The van der Waals surface area contributed by atoms with Gasteiger partial charge in [-0.25, -0.2) is 8.42 Å². The minimum Gasteiger partial charge on any atom is -0.497 e. The van der Waals surface area contributed by atoms with E-state index in [1.54, 1.807) is 49.6 Å². The fraction of sp³-hybridized carbons (Fsp3) is 0.240. The molecular weight excluding hydrogens is 424 g/mol. The maximum Gasteiger partial charge on any atom is 0.261 e. The van der Waals surface area contributed by atoms with Gasteiger partial charge in [-0.2, -0.15) is 0 Å². The number of sulfonamides is 1. The molecule has 0 fully saturated rings. The summed E-state index contributed by atoms with van der Waals surface area (Å²) in [6, 6.07) is 22.0. The predicted octanol–water partition coefficient (Wildman–Crippen LogP) is 5.01. The Balaban J connectivity index is 1.86. The van der Waals surface area contributed by atoms with E-state index in [1.165, 1.54) is 12.1 Å². The summed E-state index contributed by atoms with van der Waals surface area (Å²) in [4.78, 5) is 13.3. The van der Waals surface area contributed by atoms with Gasteiger partial charge in [0, 0.05) is 0 Å². The second-order valence-corrected chi connectivity index (χ2v) is 9.58. The lowest BCUT2D eigenvalue weighted by Crippen LogP contribution is -2.30. The van der Waals surface area contributed by atoms with Crippen LogP contribution in [0.15, 0.2) is 83.8 Å². The van der Waals surface area contributed by atoms with Gasteiger partial charge in [0.15, 0.2) is 0 Å². The van der Waals surface area contributed by atoms with E-state index in [4.69, 9.17) is 4.74 Å². The lowest BCUT2D eigenvalue weighted by Gasteiger charge is -2.22. The molecule has 1 atom stereocenters. The van der Waals surface area contributed by atoms with Crippen molar-refractivity contribution in [1.29, 1.82) is 0 Å².